The summed E-state index contributed by atoms with van der Waals surface area (Å²) in [6, 6.07) is 17.1. The van der Waals surface area contributed by atoms with Gasteiger partial charge in [0.25, 0.3) is 5.69 Å². The summed E-state index contributed by atoms with van der Waals surface area (Å²) in [5, 5.41) is 14.2. The highest BCUT2D eigenvalue weighted by Gasteiger charge is 2.24. The molecule has 3 rings (SSSR count). The summed E-state index contributed by atoms with van der Waals surface area (Å²) in [5.74, 6) is 1.49. The van der Waals surface area contributed by atoms with Crippen LogP contribution < -0.4 is 5.32 Å². The van der Waals surface area contributed by atoms with Gasteiger partial charge in [0.2, 0.25) is 0 Å². The maximum absolute atomic E-state index is 10.7. The summed E-state index contributed by atoms with van der Waals surface area (Å²) >= 11 is 0. The molecule has 8 heteroatoms. The number of nitro benzene ring substituents is 1. The summed E-state index contributed by atoms with van der Waals surface area (Å²) < 4.78 is 5.92. The van der Waals surface area contributed by atoms with Gasteiger partial charge in [-0.1, -0.05) is 42.5 Å². The number of ether oxygens (including phenoxy) is 1. The average Bonchev–Trinajstić information content (AvgIpc) is 3.26. The van der Waals surface area contributed by atoms with Crippen molar-refractivity contribution < 1.29 is 9.66 Å². The van der Waals surface area contributed by atoms with Crippen molar-refractivity contribution in [1.29, 1.82) is 0 Å². The summed E-state index contributed by atoms with van der Waals surface area (Å²) in [6.45, 7) is 4.28. The van der Waals surface area contributed by atoms with Crippen molar-refractivity contribution in [2.75, 3.05) is 33.3 Å². The molecular formula is C24H33IN4O3. The van der Waals surface area contributed by atoms with Gasteiger partial charge in [-0.15, -0.1) is 24.0 Å². The third-order valence-corrected chi connectivity index (χ3v) is 5.58. The second kappa shape index (κ2) is 14.1. The van der Waals surface area contributed by atoms with E-state index >= 15 is 0 Å². The van der Waals surface area contributed by atoms with E-state index in [1.165, 1.54) is 5.56 Å². The normalized spacial score (nSPS) is 16.0. The molecule has 174 valence electrons. The van der Waals surface area contributed by atoms with Crippen LogP contribution in [0.1, 0.15) is 30.4 Å². The smallest absolute Gasteiger partial charge is 0.269 e. The van der Waals surface area contributed by atoms with E-state index in [1.807, 2.05) is 37.4 Å². The quantitative estimate of drug-likeness (QED) is 0.116. The number of nitro groups is 1. The third-order valence-electron chi connectivity index (χ3n) is 5.58. The molecular weight excluding hydrogens is 519 g/mol. The average molecular weight is 552 g/mol. The molecule has 1 fully saturated rings. The lowest BCUT2D eigenvalue weighted by Gasteiger charge is -2.21. The van der Waals surface area contributed by atoms with Gasteiger partial charge in [0, 0.05) is 44.7 Å². The fourth-order valence-corrected chi connectivity index (χ4v) is 3.85. The Morgan fingerprint density at radius 3 is 2.59 bits per heavy atom. The molecule has 32 heavy (non-hydrogen) atoms. The molecule has 1 N–H and O–H groups in total. The first-order valence-electron chi connectivity index (χ1n) is 11.0. The first kappa shape index (κ1) is 26.1. The van der Waals surface area contributed by atoms with Gasteiger partial charge in [-0.05, 0) is 36.8 Å². The number of aliphatic imine (C=N–C) groups is 1. The van der Waals surface area contributed by atoms with E-state index < -0.39 is 0 Å². The number of hydrogen-bond donors (Lipinski definition) is 1. The van der Waals surface area contributed by atoms with Crippen LogP contribution in [0.3, 0.4) is 0 Å². The van der Waals surface area contributed by atoms with Gasteiger partial charge in [-0.25, -0.2) is 0 Å². The van der Waals surface area contributed by atoms with Gasteiger partial charge in [0.1, 0.15) is 0 Å². The third kappa shape index (κ3) is 8.38. The number of unbranched alkanes of at least 4 members (excludes halogenated alkanes) is 1. The Labute approximate surface area is 207 Å². The Balaban J connectivity index is 0.00000363. The van der Waals surface area contributed by atoms with Gasteiger partial charge < -0.3 is 15.0 Å². The van der Waals surface area contributed by atoms with E-state index in [4.69, 9.17) is 4.74 Å². The van der Waals surface area contributed by atoms with Crippen LogP contribution in [0.15, 0.2) is 59.6 Å². The highest BCUT2D eigenvalue weighted by atomic mass is 127. The molecule has 1 atom stereocenters. The topological polar surface area (TPSA) is 80.0 Å². The van der Waals surface area contributed by atoms with Crippen LogP contribution in [0.25, 0.3) is 0 Å². The lowest BCUT2D eigenvalue weighted by molar-refractivity contribution is -0.384. The molecule has 0 aromatic heterocycles. The Bertz CT molecular complexity index is 846. The van der Waals surface area contributed by atoms with Gasteiger partial charge in [0.15, 0.2) is 5.96 Å². The molecule has 1 heterocycles. The predicted octanol–water partition coefficient (Wildman–Crippen LogP) is 4.65. The largest absolute Gasteiger partial charge is 0.376 e. The minimum atomic E-state index is -0.363. The van der Waals surface area contributed by atoms with Gasteiger partial charge in [-0.2, -0.15) is 0 Å². The highest BCUT2D eigenvalue weighted by Crippen LogP contribution is 2.17. The van der Waals surface area contributed by atoms with E-state index in [9.17, 15) is 10.1 Å². The van der Waals surface area contributed by atoms with Crippen LogP contribution in [0.4, 0.5) is 5.69 Å². The second-order valence-corrected chi connectivity index (χ2v) is 7.96. The predicted molar refractivity (Wildman–Crippen MR) is 139 cm³/mol. The zero-order valence-corrected chi connectivity index (χ0v) is 20.9. The molecule has 0 bridgehead atoms. The van der Waals surface area contributed by atoms with Crippen LogP contribution in [0.2, 0.25) is 0 Å². The molecule has 7 nitrogen and oxygen atoms in total. The van der Waals surface area contributed by atoms with Crippen LogP contribution in [0, 0.1) is 16.0 Å². The van der Waals surface area contributed by atoms with Crippen molar-refractivity contribution in [2.24, 2.45) is 10.9 Å². The standard InChI is InChI=1S/C24H32N4O3.HI/c1-25-24(26-15-6-5-7-20-10-12-23(13-11-20)28(29)30)27-16-14-22(17-27)19-31-18-21-8-3-2-4-9-21;/h2-4,8-13,22H,5-7,14-19H2,1H3,(H,25,26);1H. The molecule has 2 aromatic rings. The number of nitrogens with one attached hydrogen (secondary N) is 1. The van der Waals surface area contributed by atoms with Crippen LogP contribution in [-0.2, 0) is 17.8 Å². The van der Waals surface area contributed by atoms with Crippen molar-refractivity contribution in [2.45, 2.75) is 32.3 Å². The maximum Gasteiger partial charge on any atom is 0.269 e. The lowest BCUT2D eigenvalue weighted by atomic mass is 10.1. The maximum atomic E-state index is 10.7. The minimum Gasteiger partial charge on any atom is -0.376 e. The number of halogens is 1. The molecule has 0 aliphatic carbocycles. The number of likely N-dealkylation sites (tertiary alicyclic amines) is 1. The van der Waals surface area contributed by atoms with E-state index in [0.717, 1.165) is 63.4 Å². The molecule has 2 aromatic carbocycles. The number of hydrogen-bond acceptors (Lipinski definition) is 4. The van der Waals surface area contributed by atoms with Crippen LogP contribution in [-0.4, -0.2) is 49.1 Å². The summed E-state index contributed by atoms with van der Waals surface area (Å²) in [6.07, 6.45) is 4.09. The molecule has 1 saturated heterocycles. The zero-order chi connectivity index (χ0) is 21.9. The van der Waals surface area contributed by atoms with Crippen molar-refractivity contribution >= 4 is 35.6 Å². The number of non-ortho nitro benzene ring substituents is 1. The molecule has 1 unspecified atom stereocenters. The lowest BCUT2D eigenvalue weighted by Crippen LogP contribution is -2.40. The Morgan fingerprint density at radius 2 is 1.91 bits per heavy atom. The zero-order valence-electron chi connectivity index (χ0n) is 18.6. The molecule has 1 aliphatic heterocycles. The van der Waals surface area contributed by atoms with Crippen LogP contribution in [0.5, 0.6) is 0 Å². The minimum absolute atomic E-state index is 0. The van der Waals surface area contributed by atoms with E-state index in [1.54, 1.807) is 12.1 Å². The summed E-state index contributed by atoms with van der Waals surface area (Å²) in [4.78, 5) is 17.1. The molecule has 0 saturated carbocycles. The highest BCUT2D eigenvalue weighted by molar-refractivity contribution is 14.0. The number of rotatable bonds is 10. The van der Waals surface area contributed by atoms with Crippen LogP contribution >= 0.6 is 24.0 Å². The van der Waals surface area contributed by atoms with E-state index in [2.05, 4.69) is 27.3 Å². The number of benzene rings is 2. The molecule has 0 amide bonds. The Hall–Kier alpha value is -2.20. The Morgan fingerprint density at radius 1 is 1.16 bits per heavy atom. The van der Waals surface area contributed by atoms with Gasteiger partial charge in [0.05, 0.1) is 18.1 Å². The first-order chi connectivity index (χ1) is 15.2. The van der Waals surface area contributed by atoms with E-state index in [-0.39, 0.29) is 34.6 Å². The molecule has 0 spiro atoms. The number of guanidine groups is 1. The fraction of sp³-hybridized carbons (Fsp3) is 0.458. The van der Waals surface area contributed by atoms with Crippen molar-refractivity contribution in [3.05, 3.63) is 75.8 Å². The van der Waals surface area contributed by atoms with Crippen molar-refractivity contribution in [3.8, 4) is 0 Å². The summed E-state index contributed by atoms with van der Waals surface area (Å²) in [5.41, 5.74) is 2.49. The van der Waals surface area contributed by atoms with Gasteiger partial charge in [-0.3, -0.25) is 15.1 Å². The van der Waals surface area contributed by atoms with Crippen molar-refractivity contribution in [1.82, 2.24) is 10.2 Å². The first-order valence-corrected chi connectivity index (χ1v) is 11.0. The Kier molecular flexibility index (Phi) is 11.4. The second-order valence-electron chi connectivity index (χ2n) is 7.96. The summed E-state index contributed by atoms with van der Waals surface area (Å²) in [7, 11) is 1.83. The van der Waals surface area contributed by atoms with E-state index in [0.29, 0.717) is 12.5 Å². The number of nitrogens with zero attached hydrogens (tertiary/aromatic N) is 3. The number of aryl methyl sites for hydroxylation is 1. The monoisotopic (exact) mass is 552 g/mol. The van der Waals surface area contributed by atoms with Crippen molar-refractivity contribution in [3.63, 3.8) is 0 Å². The molecule has 1 aliphatic rings. The SMILES string of the molecule is CN=C(NCCCCc1ccc([N+](=O)[O-])cc1)N1CCC(COCc2ccccc2)C1.I. The molecule has 0 radical (unpaired) electrons. The fourth-order valence-electron chi connectivity index (χ4n) is 3.85. The van der Waals surface area contributed by atoms with Gasteiger partial charge >= 0.3 is 0 Å².